The molecule has 0 N–H and O–H groups in total. The Morgan fingerprint density at radius 1 is 1.18 bits per heavy atom. The maximum absolute atomic E-state index is 8.62. The maximum atomic E-state index is 8.62. The first kappa shape index (κ1) is 13.4. The number of rotatable bonds is 7. The van der Waals surface area contributed by atoms with Crippen molar-refractivity contribution < 1.29 is 0 Å². The van der Waals surface area contributed by atoms with E-state index in [1.807, 2.05) is 6.07 Å². The average Bonchev–Trinajstić information content (AvgIpc) is 2.39. The molecule has 1 heterocycles. The van der Waals surface area contributed by atoms with E-state index in [-0.39, 0.29) is 0 Å². The van der Waals surface area contributed by atoms with Crippen molar-refractivity contribution in [3.63, 3.8) is 0 Å². The Hall–Kier alpha value is -1.63. The van der Waals surface area contributed by atoms with Crippen molar-refractivity contribution >= 4 is 11.5 Å². The van der Waals surface area contributed by atoms with Crippen LogP contribution in [0.15, 0.2) is 18.3 Å². The molecule has 0 saturated heterocycles. The zero-order valence-corrected chi connectivity index (χ0v) is 10.8. The van der Waals surface area contributed by atoms with Gasteiger partial charge in [-0.05, 0) is 18.9 Å². The van der Waals surface area contributed by atoms with Gasteiger partial charge in [-0.2, -0.15) is 0 Å². The molecule has 0 aromatic carbocycles. The third-order valence-corrected chi connectivity index (χ3v) is 2.73. The third-order valence-electron chi connectivity index (χ3n) is 2.73. The summed E-state index contributed by atoms with van der Waals surface area (Å²) in [5, 5.41) is 8.62. The van der Waals surface area contributed by atoms with Gasteiger partial charge in [-0.25, -0.2) is 4.98 Å². The number of hydrogen-bond donors (Lipinski definition) is 0. The largest absolute Gasteiger partial charge is 0.403 e. The number of unbranched alkanes of at least 4 members (excludes halogenated alkanes) is 2. The predicted molar refractivity (Wildman–Crippen MR) is 71.0 cm³/mol. The highest BCUT2D eigenvalue weighted by atomic mass is 15.2. The lowest BCUT2D eigenvalue weighted by Crippen LogP contribution is -2.26. The van der Waals surface area contributed by atoms with Crippen molar-refractivity contribution in [2.75, 3.05) is 18.0 Å². The molecular formula is C13H21N4+. The van der Waals surface area contributed by atoms with Crippen molar-refractivity contribution in [3.05, 3.63) is 23.3 Å². The zero-order chi connectivity index (χ0) is 12.5. The SMILES string of the molecule is CCCCN(CCCC)c1ccc([N+]#N)cn1. The molecule has 0 spiro atoms. The molecule has 0 radical (unpaired) electrons. The van der Waals surface area contributed by atoms with Crippen LogP contribution < -0.4 is 4.90 Å². The van der Waals surface area contributed by atoms with Crippen LogP contribution in [-0.2, 0) is 0 Å². The molecule has 0 fully saturated rings. The van der Waals surface area contributed by atoms with Gasteiger partial charge in [0.1, 0.15) is 12.0 Å². The van der Waals surface area contributed by atoms with Gasteiger partial charge in [-0.1, -0.05) is 26.7 Å². The van der Waals surface area contributed by atoms with E-state index in [0.29, 0.717) is 5.69 Å². The van der Waals surface area contributed by atoms with Crippen LogP contribution in [0.4, 0.5) is 11.5 Å². The number of pyridine rings is 1. The van der Waals surface area contributed by atoms with Crippen LogP contribution in [0.2, 0.25) is 0 Å². The van der Waals surface area contributed by atoms with E-state index in [2.05, 4.69) is 28.7 Å². The molecule has 1 aromatic rings. The molecule has 0 aliphatic heterocycles. The number of hydrogen-bond acceptors (Lipinski definition) is 3. The summed E-state index contributed by atoms with van der Waals surface area (Å²) in [6.45, 7) is 6.47. The van der Waals surface area contributed by atoms with Crippen LogP contribution in [-0.4, -0.2) is 18.1 Å². The van der Waals surface area contributed by atoms with E-state index in [1.165, 1.54) is 25.7 Å². The highest BCUT2D eigenvalue weighted by Crippen LogP contribution is 2.17. The second-order valence-electron chi connectivity index (χ2n) is 4.17. The van der Waals surface area contributed by atoms with Crippen LogP contribution in [0.25, 0.3) is 4.98 Å². The Labute approximate surface area is 103 Å². The molecule has 0 amide bonds. The van der Waals surface area contributed by atoms with Crippen molar-refractivity contribution in [2.45, 2.75) is 39.5 Å². The summed E-state index contributed by atoms with van der Waals surface area (Å²) < 4.78 is 0. The fourth-order valence-electron chi connectivity index (χ4n) is 1.66. The number of diazo groups is 1. The van der Waals surface area contributed by atoms with E-state index >= 15 is 0 Å². The van der Waals surface area contributed by atoms with Crippen molar-refractivity contribution in [1.82, 2.24) is 4.98 Å². The van der Waals surface area contributed by atoms with Gasteiger partial charge in [0.15, 0.2) is 4.98 Å². The van der Waals surface area contributed by atoms with E-state index in [9.17, 15) is 0 Å². The van der Waals surface area contributed by atoms with Gasteiger partial charge >= 0.3 is 5.69 Å². The minimum Gasteiger partial charge on any atom is -0.357 e. The lowest BCUT2D eigenvalue weighted by molar-refractivity contribution is 0.671. The Balaban J connectivity index is 2.69. The number of anilines is 1. The topological polar surface area (TPSA) is 44.3 Å². The van der Waals surface area contributed by atoms with Gasteiger partial charge in [-0.15, -0.1) is 0 Å². The lowest BCUT2D eigenvalue weighted by Gasteiger charge is -2.22. The van der Waals surface area contributed by atoms with Crippen molar-refractivity contribution in [3.8, 4) is 0 Å². The van der Waals surface area contributed by atoms with Gasteiger partial charge in [0.05, 0.1) is 0 Å². The first-order chi connectivity index (χ1) is 8.31. The Morgan fingerprint density at radius 3 is 2.24 bits per heavy atom. The van der Waals surface area contributed by atoms with Crippen molar-refractivity contribution in [1.29, 1.82) is 5.39 Å². The Kier molecular flexibility index (Phi) is 6.02. The zero-order valence-electron chi connectivity index (χ0n) is 10.8. The van der Waals surface area contributed by atoms with E-state index in [1.54, 1.807) is 12.3 Å². The average molecular weight is 233 g/mol. The van der Waals surface area contributed by atoms with Gasteiger partial charge < -0.3 is 4.90 Å². The van der Waals surface area contributed by atoms with E-state index < -0.39 is 0 Å². The van der Waals surface area contributed by atoms with Gasteiger partial charge in [0.2, 0.25) is 5.39 Å². The van der Waals surface area contributed by atoms with Crippen LogP contribution in [0.5, 0.6) is 0 Å². The quantitative estimate of drug-likeness (QED) is 0.669. The monoisotopic (exact) mass is 233 g/mol. The molecule has 4 nitrogen and oxygen atoms in total. The Morgan fingerprint density at radius 2 is 1.82 bits per heavy atom. The second kappa shape index (κ2) is 7.61. The molecule has 4 heteroatoms. The molecule has 0 aliphatic carbocycles. The summed E-state index contributed by atoms with van der Waals surface area (Å²) >= 11 is 0. The smallest absolute Gasteiger partial charge is 0.357 e. The third kappa shape index (κ3) is 4.39. The van der Waals surface area contributed by atoms with Crippen LogP contribution >= 0.6 is 0 Å². The number of aromatic nitrogens is 1. The van der Waals surface area contributed by atoms with E-state index in [4.69, 9.17) is 5.39 Å². The summed E-state index contributed by atoms with van der Waals surface area (Å²) in [7, 11) is 0. The summed E-state index contributed by atoms with van der Waals surface area (Å²) in [6, 6.07) is 3.70. The van der Waals surface area contributed by atoms with E-state index in [0.717, 1.165) is 18.9 Å². The summed E-state index contributed by atoms with van der Waals surface area (Å²) in [5.41, 5.74) is 0.500. The lowest BCUT2D eigenvalue weighted by atomic mass is 10.2. The second-order valence-corrected chi connectivity index (χ2v) is 4.17. The molecule has 1 rings (SSSR count). The molecule has 0 unspecified atom stereocenters. The first-order valence-corrected chi connectivity index (χ1v) is 6.38. The normalized spacial score (nSPS) is 9.94. The van der Waals surface area contributed by atoms with Crippen molar-refractivity contribution in [2.24, 2.45) is 0 Å². The number of nitrogens with zero attached hydrogens (tertiary/aromatic N) is 4. The molecule has 0 aliphatic rings. The van der Waals surface area contributed by atoms with Crippen LogP contribution in [0.1, 0.15) is 39.5 Å². The van der Waals surface area contributed by atoms with Gasteiger partial charge in [-0.3, -0.25) is 0 Å². The highest BCUT2D eigenvalue weighted by Gasteiger charge is 2.10. The molecule has 92 valence electrons. The predicted octanol–water partition coefficient (Wildman–Crippen LogP) is 3.97. The summed E-state index contributed by atoms with van der Waals surface area (Å²) in [5.74, 6) is 0.972. The minimum atomic E-state index is 0.500. The summed E-state index contributed by atoms with van der Waals surface area (Å²) in [4.78, 5) is 9.74. The minimum absolute atomic E-state index is 0.500. The summed E-state index contributed by atoms with van der Waals surface area (Å²) in [6.07, 6.45) is 6.33. The first-order valence-electron chi connectivity index (χ1n) is 6.38. The maximum Gasteiger partial charge on any atom is 0.403 e. The molecule has 0 atom stereocenters. The highest BCUT2D eigenvalue weighted by molar-refractivity contribution is 5.48. The molecular weight excluding hydrogens is 212 g/mol. The van der Waals surface area contributed by atoms with Gasteiger partial charge in [0.25, 0.3) is 0 Å². The molecule has 1 aromatic heterocycles. The van der Waals surface area contributed by atoms with Crippen LogP contribution in [0, 0.1) is 5.39 Å². The van der Waals surface area contributed by atoms with Crippen LogP contribution in [0.3, 0.4) is 0 Å². The standard InChI is InChI=1S/C13H21N4/c1-3-5-9-17(10-6-4-2)13-8-7-12(16-14)11-15-13/h7-8,11H,3-6,9-10H2,1-2H3/q+1. The molecule has 0 saturated carbocycles. The fourth-order valence-corrected chi connectivity index (χ4v) is 1.66. The van der Waals surface area contributed by atoms with Gasteiger partial charge in [0, 0.05) is 19.2 Å². The molecule has 0 bridgehead atoms. The fraction of sp³-hybridized carbons (Fsp3) is 0.615. The Bertz CT molecular complexity index is 345. The molecule has 17 heavy (non-hydrogen) atoms.